The summed E-state index contributed by atoms with van der Waals surface area (Å²) in [6.07, 6.45) is 5.19. The molecule has 8 rings (SSSR count). The van der Waals surface area contributed by atoms with E-state index < -0.39 is 6.03 Å². The van der Waals surface area contributed by atoms with Crippen molar-refractivity contribution in [2.24, 2.45) is 14.1 Å². The molecule has 2 N–H and O–H groups in total. The summed E-state index contributed by atoms with van der Waals surface area (Å²) in [5, 5.41) is 7.79. The third-order valence-corrected chi connectivity index (χ3v) is 9.85. The molecule has 3 aromatic carbocycles. The molecule has 1 aliphatic rings. The summed E-state index contributed by atoms with van der Waals surface area (Å²) in [6, 6.07) is 20.8. The lowest BCUT2D eigenvalue weighted by Crippen LogP contribution is -2.49. The topological polar surface area (TPSA) is 144 Å². The third-order valence-electron chi connectivity index (χ3n) is 9.85. The molecule has 0 spiro atoms. The van der Waals surface area contributed by atoms with E-state index in [1.807, 2.05) is 43.6 Å². The molecule has 0 saturated carbocycles. The Balaban J connectivity index is 0.968. The second kappa shape index (κ2) is 13.5. The van der Waals surface area contributed by atoms with Crippen LogP contribution in [0.3, 0.4) is 0 Å². The number of anilines is 1. The second-order valence-corrected chi connectivity index (χ2v) is 13.6. The normalized spacial score (nSPS) is 13.1. The van der Waals surface area contributed by atoms with Crippen molar-refractivity contribution in [2.75, 3.05) is 18.0 Å². The Morgan fingerprint density at radius 3 is 2.57 bits per heavy atom. The number of nitrogens with zero attached hydrogens (tertiary/aromatic N) is 5. The minimum Gasteiger partial charge on any atom is -0.462 e. The molecule has 0 unspecified atom stereocenters. The maximum absolute atomic E-state index is 12.9. The number of imidazole rings is 1. The fraction of sp³-hybridized carbons (Fsp3) is 0.190. The quantitative estimate of drug-likeness (QED) is 0.194. The van der Waals surface area contributed by atoms with E-state index in [9.17, 15) is 19.2 Å². The van der Waals surface area contributed by atoms with Gasteiger partial charge in [0, 0.05) is 61.4 Å². The number of benzene rings is 3. The molecule has 7 aromatic rings. The molecular formula is C42H35N7O5. The summed E-state index contributed by atoms with van der Waals surface area (Å²) in [7, 11) is 3.62. The molecule has 268 valence electrons. The number of urea groups is 1. The van der Waals surface area contributed by atoms with Crippen molar-refractivity contribution in [1.82, 2.24) is 29.7 Å². The number of rotatable bonds is 6. The van der Waals surface area contributed by atoms with Gasteiger partial charge in [0.1, 0.15) is 17.5 Å². The van der Waals surface area contributed by atoms with Crippen molar-refractivity contribution in [3.05, 3.63) is 113 Å². The first-order valence-corrected chi connectivity index (χ1v) is 17.5. The van der Waals surface area contributed by atoms with Gasteiger partial charge < -0.3 is 9.73 Å². The Morgan fingerprint density at radius 2 is 1.80 bits per heavy atom. The summed E-state index contributed by atoms with van der Waals surface area (Å²) >= 11 is 0. The van der Waals surface area contributed by atoms with Crippen LogP contribution >= 0.6 is 0 Å². The van der Waals surface area contributed by atoms with Crippen LogP contribution in [-0.4, -0.2) is 50.0 Å². The van der Waals surface area contributed by atoms with Gasteiger partial charge >= 0.3 is 11.7 Å². The van der Waals surface area contributed by atoms with Crippen LogP contribution in [0.4, 0.5) is 10.5 Å². The van der Waals surface area contributed by atoms with Crippen LogP contribution < -0.4 is 21.2 Å². The third kappa shape index (κ3) is 6.05. The number of carbonyl (C=O) groups excluding carboxylic acids is 3. The molecule has 0 radical (unpaired) electrons. The summed E-state index contributed by atoms with van der Waals surface area (Å²) < 4.78 is 9.03. The van der Waals surface area contributed by atoms with E-state index in [4.69, 9.17) is 9.40 Å². The van der Waals surface area contributed by atoms with E-state index >= 15 is 0 Å². The fourth-order valence-corrected chi connectivity index (χ4v) is 7.00. The highest BCUT2D eigenvalue weighted by atomic mass is 16.3. The zero-order valence-electron chi connectivity index (χ0n) is 30.1. The molecule has 5 heterocycles. The first kappa shape index (κ1) is 34.1. The smallest absolute Gasteiger partial charge is 0.328 e. The monoisotopic (exact) mass is 717 g/mol. The van der Waals surface area contributed by atoms with Crippen molar-refractivity contribution in [3.8, 4) is 34.2 Å². The number of hydrogen-bond acceptors (Lipinski definition) is 7. The molecule has 0 bridgehead atoms. The molecule has 0 atom stereocenters. The number of aromatic nitrogens is 4. The molecule has 4 aromatic heterocycles. The van der Waals surface area contributed by atoms with Crippen LogP contribution in [0, 0.1) is 11.8 Å². The molecule has 1 saturated heterocycles. The number of amides is 4. The molecule has 4 amide bonds. The van der Waals surface area contributed by atoms with Gasteiger partial charge in [0.15, 0.2) is 0 Å². The summed E-state index contributed by atoms with van der Waals surface area (Å²) in [5.74, 6) is 5.55. The lowest BCUT2D eigenvalue weighted by molar-refractivity contribution is -0.120. The number of fused-ring (bicyclic) bond motifs is 3. The highest BCUT2D eigenvalue weighted by Crippen LogP contribution is 2.36. The van der Waals surface area contributed by atoms with Crippen molar-refractivity contribution in [2.45, 2.75) is 26.2 Å². The van der Waals surface area contributed by atoms with Crippen LogP contribution in [0.2, 0.25) is 0 Å². The lowest BCUT2D eigenvalue weighted by atomic mass is 9.93. The molecule has 54 heavy (non-hydrogen) atoms. The van der Waals surface area contributed by atoms with Crippen LogP contribution in [0.25, 0.3) is 55.2 Å². The predicted octanol–water partition coefficient (Wildman–Crippen LogP) is 6.25. The number of pyridine rings is 2. The molecule has 1 fully saturated rings. The summed E-state index contributed by atoms with van der Waals surface area (Å²) in [6.45, 7) is 4.62. The fourth-order valence-electron chi connectivity index (χ4n) is 7.00. The van der Waals surface area contributed by atoms with Gasteiger partial charge in [0.2, 0.25) is 5.91 Å². The maximum Gasteiger partial charge on any atom is 0.328 e. The lowest BCUT2D eigenvalue weighted by Gasteiger charge is -2.25. The Bertz CT molecular complexity index is 2800. The van der Waals surface area contributed by atoms with Crippen molar-refractivity contribution < 1.29 is 18.8 Å². The largest absolute Gasteiger partial charge is 0.462 e. The second-order valence-electron chi connectivity index (χ2n) is 13.6. The Labute approximate surface area is 309 Å². The van der Waals surface area contributed by atoms with Gasteiger partial charge in [-0.25, -0.2) is 9.59 Å². The van der Waals surface area contributed by atoms with Gasteiger partial charge in [-0.3, -0.25) is 38.9 Å². The number of nitrogens with one attached hydrogen (secondary N) is 2. The minimum absolute atomic E-state index is 0.0535. The van der Waals surface area contributed by atoms with Gasteiger partial charge in [-0.15, -0.1) is 0 Å². The van der Waals surface area contributed by atoms with E-state index in [2.05, 4.69) is 59.5 Å². The zero-order chi connectivity index (χ0) is 37.7. The molecule has 12 heteroatoms. The van der Waals surface area contributed by atoms with E-state index in [-0.39, 0.29) is 48.6 Å². The van der Waals surface area contributed by atoms with Crippen molar-refractivity contribution >= 4 is 56.3 Å². The minimum atomic E-state index is -0.494. The average molecular weight is 718 g/mol. The van der Waals surface area contributed by atoms with Gasteiger partial charge in [0.05, 0.1) is 29.0 Å². The molecule has 12 nitrogen and oxygen atoms in total. The predicted molar refractivity (Wildman–Crippen MR) is 207 cm³/mol. The Hall–Kier alpha value is -7.00. The number of furan rings is 1. The summed E-state index contributed by atoms with van der Waals surface area (Å²) in [4.78, 5) is 60.3. The van der Waals surface area contributed by atoms with E-state index in [0.717, 1.165) is 49.8 Å². The zero-order valence-corrected chi connectivity index (χ0v) is 30.1. The van der Waals surface area contributed by atoms with Gasteiger partial charge in [0.25, 0.3) is 5.91 Å². The highest BCUT2D eigenvalue weighted by molar-refractivity contribution is 6.09. The SMILES string of the molecule is CC(C)c1cc(-c2cccc3cc(-c4ccc(C(=O)NCC#Cc5ccc6occ(N7CCC(=O)NC7=O)c6c5)nc4)ncc23)cc2c1n(C)c(=O)n2C. The van der Waals surface area contributed by atoms with Crippen LogP contribution in [0.1, 0.15) is 47.8 Å². The van der Waals surface area contributed by atoms with Crippen LogP contribution in [0.5, 0.6) is 0 Å². The molecule has 1 aliphatic heterocycles. The van der Waals surface area contributed by atoms with Crippen molar-refractivity contribution in [1.29, 1.82) is 0 Å². The first-order valence-electron chi connectivity index (χ1n) is 17.5. The van der Waals surface area contributed by atoms with Crippen LogP contribution in [-0.2, 0) is 18.9 Å². The maximum atomic E-state index is 12.9. The van der Waals surface area contributed by atoms with E-state index in [0.29, 0.717) is 22.2 Å². The number of carbonyl (C=O) groups is 3. The van der Waals surface area contributed by atoms with Gasteiger partial charge in [-0.2, -0.15) is 0 Å². The van der Waals surface area contributed by atoms with Gasteiger partial charge in [-0.1, -0.05) is 43.9 Å². The van der Waals surface area contributed by atoms with Crippen LogP contribution in [0.15, 0.2) is 94.6 Å². The van der Waals surface area contributed by atoms with E-state index in [1.165, 1.54) is 11.2 Å². The van der Waals surface area contributed by atoms with Gasteiger partial charge in [-0.05, 0) is 76.5 Å². The number of imide groups is 1. The first-order chi connectivity index (χ1) is 26.1. The molecule has 0 aliphatic carbocycles. The molecular weight excluding hydrogens is 683 g/mol. The van der Waals surface area contributed by atoms with E-state index in [1.54, 1.807) is 40.6 Å². The van der Waals surface area contributed by atoms with Crippen molar-refractivity contribution in [3.63, 3.8) is 0 Å². The Kier molecular flexibility index (Phi) is 8.54. The standard InChI is InChI=1S/C42H35N7O5/c1-24(2)30-18-28(20-35-39(30)48(4)42(53)47(35)3)29-9-5-8-26-19-34(45-22-32(26)29)27-11-12-33(44-21-27)40(51)43-15-6-7-25-10-13-37-31(17-25)36(23-54-37)49-16-14-38(50)46-41(49)52/h5,8-13,17-24H,14-16H2,1-4H3,(H,43,51)(H,46,50,52). The average Bonchev–Trinajstić information content (AvgIpc) is 3.69. The Morgan fingerprint density at radius 1 is 0.944 bits per heavy atom. The highest BCUT2D eigenvalue weighted by Gasteiger charge is 2.27. The number of hydrogen-bond donors (Lipinski definition) is 2. The summed E-state index contributed by atoms with van der Waals surface area (Å²) in [5.41, 5.74) is 8.50. The number of aryl methyl sites for hydroxylation is 2.